The molecule has 182 valence electrons. The highest BCUT2D eigenvalue weighted by molar-refractivity contribution is 5.98. The molecule has 0 bridgehead atoms. The lowest BCUT2D eigenvalue weighted by Gasteiger charge is -2.28. The van der Waals surface area contributed by atoms with Crippen molar-refractivity contribution in [2.75, 3.05) is 5.32 Å². The lowest BCUT2D eigenvalue weighted by molar-refractivity contribution is 0.371. The predicted molar refractivity (Wildman–Crippen MR) is 146 cm³/mol. The molecule has 1 aliphatic carbocycles. The van der Waals surface area contributed by atoms with Gasteiger partial charge in [0, 0.05) is 40.6 Å². The largest absolute Gasteiger partial charge is 0.358 e. The zero-order valence-corrected chi connectivity index (χ0v) is 20.5. The van der Waals surface area contributed by atoms with Crippen LogP contribution in [0.1, 0.15) is 25.0 Å². The van der Waals surface area contributed by atoms with Crippen LogP contribution in [0.5, 0.6) is 0 Å². The first-order chi connectivity index (χ1) is 18.1. The second kappa shape index (κ2) is 8.44. The summed E-state index contributed by atoms with van der Waals surface area (Å²) in [4.78, 5) is 16.9. The zero-order valence-electron chi connectivity index (χ0n) is 20.5. The Hall–Kier alpha value is -4.72. The average Bonchev–Trinajstić information content (AvgIpc) is 3.60. The Morgan fingerprint density at radius 3 is 2.78 bits per heavy atom. The summed E-state index contributed by atoms with van der Waals surface area (Å²) in [6.07, 6.45) is 13.1. The molecular formula is C29H26N8. The van der Waals surface area contributed by atoms with Gasteiger partial charge in [0.1, 0.15) is 11.3 Å². The quantitative estimate of drug-likeness (QED) is 0.253. The fraction of sp³-hybridized carbons (Fsp3) is 0.172. The van der Waals surface area contributed by atoms with E-state index in [1.165, 1.54) is 19.3 Å². The molecule has 5 aromatic heterocycles. The zero-order chi connectivity index (χ0) is 24.9. The van der Waals surface area contributed by atoms with Crippen LogP contribution in [0.4, 0.5) is 5.69 Å². The van der Waals surface area contributed by atoms with Crippen LogP contribution >= 0.6 is 0 Å². The number of imidazole rings is 1. The third kappa shape index (κ3) is 3.78. The summed E-state index contributed by atoms with van der Waals surface area (Å²) in [5.41, 5.74) is 9.67. The Kier molecular flexibility index (Phi) is 4.92. The van der Waals surface area contributed by atoms with Crippen LogP contribution in [0.2, 0.25) is 0 Å². The fourth-order valence-corrected chi connectivity index (χ4v) is 5.03. The molecule has 1 fully saturated rings. The molecule has 3 N–H and O–H groups in total. The molecule has 6 aromatic rings. The number of pyridine rings is 2. The lowest BCUT2D eigenvalue weighted by Crippen LogP contribution is -2.18. The first-order valence-corrected chi connectivity index (χ1v) is 12.5. The number of hydrogen-bond acceptors (Lipinski definition) is 5. The fourth-order valence-electron chi connectivity index (χ4n) is 5.03. The maximum atomic E-state index is 4.65. The van der Waals surface area contributed by atoms with Crippen molar-refractivity contribution in [2.45, 2.75) is 26.2 Å². The highest BCUT2D eigenvalue weighted by Crippen LogP contribution is 2.35. The molecule has 8 heteroatoms. The van der Waals surface area contributed by atoms with Gasteiger partial charge in [0.05, 0.1) is 40.8 Å². The van der Waals surface area contributed by atoms with Gasteiger partial charge >= 0.3 is 0 Å². The molecule has 1 aliphatic rings. The van der Waals surface area contributed by atoms with Crippen molar-refractivity contribution >= 4 is 27.6 Å². The van der Waals surface area contributed by atoms with Crippen LogP contribution in [0.25, 0.3) is 50.1 Å². The van der Waals surface area contributed by atoms with E-state index in [2.05, 4.69) is 72.4 Å². The van der Waals surface area contributed by atoms with Gasteiger partial charge in [-0.1, -0.05) is 19.1 Å². The van der Waals surface area contributed by atoms with E-state index in [0.717, 1.165) is 67.2 Å². The number of rotatable bonds is 6. The van der Waals surface area contributed by atoms with Gasteiger partial charge in [-0.2, -0.15) is 5.10 Å². The number of allylic oxidation sites excluding steroid dienone is 1. The summed E-state index contributed by atoms with van der Waals surface area (Å²) in [6, 6.07) is 12.6. The number of nitrogens with one attached hydrogen (secondary N) is 3. The first kappa shape index (κ1) is 21.6. The van der Waals surface area contributed by atoms with E-state index in [-0.39, 0.29) is 0 Å². The Morgan fingerprint density at radius 1 is 1.05 bits per heavy atom. The van der Waals surface area contributed by atoms with Crippen molar-refractivity contribution in [3.8, 4) is 28.2 Å². The van der Waals surface area contributed by atoms with E-state index in [4.69, 9.17) is 0 Å². The number of benzene rings is 1. The van der Waals surface area contributed by atoms with Crippen molar-refractivity contribution in [3.05, 3.63) is 85.5 Å². The Labute approximate surface area is 213 Å². The molecule has 0 spiro atoms. The number of H-pyrrole nitrogens is 2. The Bertz CT molecular complexity index is 1780. The number of fused-ring (bicyclic) bond motifs is 2. The Morgan fingerprint density at radius 2 is 1.97 bits per heavy atom. The monoisotopic (exact) mass is 486 g/mol. The molecular weight excluding hydrogens is 460 g/mol. The molecule has 5 heterocycles. The smallest absolute Gasteiger partial charge is 0.139 e. The minimum atomic E-state index is 0.567. The molecule has 1 aromatic carbocycles. The van der Waals surface area contributed by atoms with Gasteiger partial charge in [-0.15, -0.1) is 0 Å². The summed E-state index contributed by atoms with van der Waals surface area (Å²) in [5.74, 6) is 0.567. The number of aryl methyl sites for hydroxylation is 1. The molecule has 7 rings (SSSR count). The van der Waals surface area contributed by atoms with Crippen LogP contribution < -0.4 is 5.32 Å². The van der Waals surface area contributed by atoms with Crippen LogP contribution in [-0.4, -0.2) is 34.7 Å². The van der Waals surface area contributed by atoms with Crippen molar-refractivity contribution < 1.29 is 0 Å². The van der Waals surface area contributed by atoms with Crippen molar-refractivity contribution in [2.24, 2.45) is 5.92 Å². The summed E-state index contributed by atoms with van der Waals surface area (Å²) in [6.45, 7) is 6.22. The van der Waals surface area contributed by atoms with Crippen LogP contribution in [0, 0.1) is 12.8 Å². The highest BCUT2D eigenvalue weighted by Gasteiger charge is 2.20. The number of aromatic nitrogens is 7. The number of anilines is 1. The third-order valence-electron chi connectivity index (χ3n) is 7.29. The predicted octanol–water partition coefficient (Wildman–Crippen LogP) is 6.39. The molecule has 0 atom stereocenters. The molecule has 0 saturated heterocycles. The van der Waals surface area contributed by atoms with E-state index in [1.54, 1.807) is 0 Å². The molecule has 0 unspecified atom stereocenters. The van der Waals surface area contributed by atoms with Gasteiger partial charge in [-0.05, 0) is 61.6 Å². The van der Waals surface area contributed by atoms with Gasteiger partial charge in [-0.3, -0.25) is 10.1 Å². The Balaban J connectivity index is 1.26. The van der Waals surface area contributed by atoms with Crippen LogP contribution in [0.15, 0.2) is 79.8 Å². The van der Waals surface area contributed by atoms with Crippen molar-refractivity contribution in [1.82, 2.24) is 34.7 Å². The van der Waals surface area contributed by atoms with Gasteiger partial charge in [-0.25, -0.2) is 9.97 Å². The molecule has 0 radical (unpaired) electrons. The second-order valence-corrected chi connectivity index (χ2v) is 9.77. The molecule has 8 nitrogen and oxygen atoms in total. The first-order valence-electron chi connectivity index (χ1n) is 12.5. The summed E-state index contributed by atoms with van der Waals surface area (Å²) in [5, 5.41) is 13.3. The van der Waals surface area contributed by atoms with Gasteiger partial charge in [0.25, 0.3) is 0 Å². The van der Waals surface area contributed by atoms with E-state index in [0.29, 0.717) is 5.92 Å². The minimum absolute atomic E-state index is 0.567. The molecule has 37 heavy (non-hydrogen) atoms. The van der Waals surface area contributed by atoms with Crippen molar-refractivity contribution in [1.29, 1.82) is 0 Å². The average molecular weight is 487 g/mol. The normalized spacial score (nSPS) is 13.8. The molecule has 1 saturated carbocycles. The maximum absolute atomic E-state index is 4.65. The third-order valence-corrected chi connectivity index (χ3v) is 7.29. The molecule has 0 aliphatic heterocycles. The van der Waals surface area contributed by atoms with Gasteiger partial charge < -0.3 is 14.9 Å². The van der Waals surface area contributed by atoms with Crippen LogP contribution in [-0.2, 0) is 0 Å². The van der Waals surface area contributed by atoms with Gasteiger partial charge in [0.2, 0.25) is 0 Å². The van der Waals surface area contributed by atoms with Crippen LogP contribution in [0.3, 0.4) is 0 Å². The van der Waals surface area contributed by atoms with Gasteiger partial charge in [0.15, 0.2) is 0 Å². The molecule has 0 amide bonds. The van der Waals surface area contributed by atoms with E-state index in [1.807, 2.05) is 48.7 Å². The number of hydrogen-bond donors (Lipinski definition) is 3. The summed E-state index contributed by atoms with van der Waals surface area (Å²) in [7, 11) is 0. The second-order valence-electron chi connectivity index (χ2n) is 9.77. The SMILES string of the molecule is C=C(Nc1cncc(-c2ccc3[nH]nc(-c4cc5c(-n6cnc(C)c6)ccnc5[nH]4)c3c2)c1)C1CCC1. The van der Waals surface area contributed by atoms with Crippen molar-refractivity contribution in [3.63, 3.8) is 0 Å². The van der Waals surface area contributed by atoms with E-state index >= 15 is 0 Å². The minimum Gasteiger partial charge on any atom is -0.358 e. The maximum Gasteiger partial charge on any atom is 0.139 e. The number of nitrogens with zero attached hydrogens (tertiary/aromatic N) is 5. The topological polar surface area (TPSA) is 100 Å². The standard InChI is InChI=1S/C29H26N8/c1-17-15-37(16-32-17)27-8-9-31-29-24(27)12-26(34-29)28-23-11-20(6-7-25(23)35-36-28)21-10-22(14-30-13-21)33-18(2)19-4-3-5-19/h6-16,19,33H,2-5H2,1H3,(H,31,34)(H,35,36). The van der Waals surface area contributed by atoms with E-state index < -0.39 is 0 Å². The summed E-state index contributed by atoms with van der Waals surface area (Å²) < 4.78 is 2.02. The lowest BCUT2D eigenvalue weighted by atomic mass is 9.83. The van der Waals surface area contributed by atoms with E-state index in [9.17, 15) is 0 Å². The number of aromatic amines is 2. The summed E-state index contributed by atoms with van der Waals surface area (Å²) >= 11 is 0. The highest BCUT2D eigenvalue weighted by atomic mass is 15.1.